The van der Waals surface area contributed by atoms with Crippen LogP contribution in [0, 0.1) is 6.92 Å². The zero-order chi connectivity index (χ0) is 16.8. The number of benzene rings is 1. The lowest BCUT2D eigenvalue weighted by Crippen LogP contribution is -2.18. The maximum atomic E-state index is 12.7. The van der Waals surface area contributed by atoms with Crippen molar-refractivity contribution >= 4 is 33.1 Å². The van der Waals surface area contributed by atoms with Crippen molar-refractivity contribution in [2.75, 3.05) is 5.32 Å². The van der Waals surface area contributed by atoms with E-state index in [4.69, 9.17) is 0 Å². The normalized spacial score (nSPS) is 11.9. The van der Waals surface area contributed by atoms with Crippen LogP contribution in [0.1, 0.15) is 41.7 Å². The molecule has 0 bridgehead atoms. The van der Waals surface area contributed by atoms with Crippen molar-refractivity contribution < 1.29 is 4.79 Å². The smallest absolute Gasteiger partial charge is 0.265 e. The second kappa shape index (κ2) is 5.49. The largest absolute Gasteiger partial charge is 0.321 e. The number of rotatable bonds is 2. The summed E-state index contributed by atoms with van der Waals surface area (Å²) in [4.78, 5) is 14.4. The summed E-state index contributed by atoms with van der Waals surface area (Å²) in [5.74, 6) is -0.0673. The maximum absolute atomic E-state index is 12.7. The number of carbonyl (C=O) groups is 1. The number of nitrogens with zero attached hydrogens (tertiary/aromatic N) is 2. The number of carbonyl (C=O) groups excluding carboxylic acids is 1. The van der Waals surface area contributed by atoms with Gasteiger partial charge in [0.2, 0.25) is 0 Å². The Hall–Kier alpha value is -2.14. The van der Waals surface area contributed by atoms with Crippen LogP contribution in [-0.2, 0) is 12.5 Å². The average molecular weight is 327 g/mol. The number of amides is 1. The molecule has 0 aliphatic carbocycles. The van der Waals surface area contributed by atoms with Crippen molar-refractivity contribution in [2.24, 2.45) is 7.05 Å². The Labute approximate surface area is 140 Å². The van der Waals surface area contributed by atoms with Crippen LogP contribution >= 0.6 is 11.3 Å². The third kappa shape index (κ3) is 2.88. The lowest BCUT2D eigenvalue weighted by molar-refractivity contribution is 0.103. The predicted octanol–water partition coefficient (Wildman–Crippen LogP) is 4.49. The summed E-state index contributed by atoms with van der Waals surface area (Å²) >= 11 is 1.47. The van der Waals surface area contributed by atoms with E-state index in [1.54, 1.807) is 0 Å². The van der Waals surface area contributed by atoms with Gasteiger partial charge in [-0.1, -0.05) is 39.0 Å². The number of anilines is 1. The van der Waals surface area contributed by atoms with Gasteiger partial charge in [0.25, 0.3) is 5.91 Å². The molecule has 0 fully saturated rings. The number of nitrogens with one attached hydrogen (secondary N) is 1. The SMILES string of the molecule is Cc1nn(C)c2sc(C(=O)Nc3ccccc3C(C)(C)C)cc12. The Bertz CT molecular complexity index is 849. The van der Waals surface area contributed by atoms with Gasteiger partial charge in [-0.2, -0.15) is 5.10 Å². The Kier molecular flexibility index (Phi) is 3.76. The van der Waals surface area contributed by atoms with Crippen LogP contribution < -0.4 is 5.32 Å². The van der Waals surface area contributed by atoms with Crippen LogP contribution in [0.3, 0.4) is 0 Å². The van der Waals surface area contributed by atoms with Gasteiger partial charge in [0, 0.05) is 18.1 Å². The highest BCUT2D eigenvalue weighted by atomic mass is 32.1. The van der Waals surface area contributed by atoms with E-state index in [2.05, 4.69) is 37.3 Å². The predicted molar refractivity (Wildman–Crippen MR) is 96.4 cm³/mol. The zero-order valence-corrected chi connectivity index (χ0v) is 14.9. The molecule has 0 aliphatic rings. The highest BCUT2D eigenvalue weighted by molar-refractivity contribution is 7.20. The first-order valence-corrected chi connectivity index (χ1v) is 8.43. The molecule has 1 aromatic carbocycles. The molecule has 0 atom stereocenters. The molecular weight excluding hydrogens is 306 g/mol. The number of aryl methyl sites for hydroxylation is 2. The Balaban J connectivity index is 1.94. The van der Waals surface area contributed by atoms with E-state index in [0.29, 0.717) is 4.88 Å². The molecule has 0 radical (unpaired) electrons. The van der Waals surface area contributed by atoms with Crippen LogP contribution in [0.4, 0.5) is 5.69 Å². The first-order valence-electron chi connectivity index (χ1n) is 7.61. The van der Waals surface area contributed by atoms with E-state index in [9.17, 15) is 4.79 Å². The number of para-hydroxylation sites is 1. The minimum atomic E-state index is -0.0673. The van der Waals surface area contributed by atoms with Crippen molar-refractivity contribution in [1.82, 2.24) is 9.78 Å². The monoisotopic (exact) mass is 327 g/mol. The Morgan fingerprint density at radius 3 is 2.61 bits per heavy atom. The van der Waals surface area contributed by atoms with Gasteiger partial charge in [0.05, 0.1) is 10.6 Å². The van der Waals surface area contributed by atoms with Gasteiger partial charge in [-0.25, -0.2) is 0 Å². The molecule has 4 nitrogen and oxygen atoms in total. The van der Waals surface area contributed by atoms with Crippen LogP contribution in [-0.4, -0.2) is 15.7 Å². The standard InChI is InChI=1S/C18H21N3OS/c1-11-12-10-15(23-17(12)21(5)20-11)16(22)19-14-9-7-6-8-13(14)18(2,3)4/h6-10H,1-5H3,(H,19,22). The lowest BCUT2D eigenvalue weighted by Gasteiger charge is -2.22. The third-order valence-electron chi connectivity index (χ3n) is 3.90. The van der Waals surface area contributed by atoms with Crippen molar-refractivity contribution in [3.05, 3.63) is 46.5 Å². The second-order valence-corrected chi connectivity index (χ2v) is 7.82. The van der Waals surface area contributed by atoms with Crippen molar-refractivity contribution in [3.63, 3.8) is 0 Å². The van der Waals surface area contributed by atoms with E-state index < -0.39 is 0 Å². The van der Waals surface area contributed by atoms with E-state index >= 15 is 0 Å². The van der Waals surface area contributed by atoms with E-state index in [-0.39, 0.29) is 11.3 Å². The molecule has 1 amide bonds. The molecule has 1 N–H and O–H groups in total. The third-order valence-corrected chi connectivity index (χ3v) is 5.10. The molecule has 2 aromatic heterocycles. The quantitative estimate of drug-likeness (QED) is 0.753. The Morgan fingerprint density at radius 2 is 1.96 bits per heavy atom. The topological polar surface area (TPSA) is 46.9 Å². The molecule has 0 unspecified atom stereocenters. The van der Waals surface area contributed by atoms with Gasteiger partial charge < -0.3 is 5.32 Å². The molecule has 3 rings (SSSR count). The number of fused-ring (bicyclic) bond motifs is 1. The highest BCUT2D eigenvalue weighted by Gasteiger charge is 2.20. The minimum absolute atomic E-state index is 0.0233. The number of thiophene rings is 1. The molecule has 0 spiro atoms. The fourth-order valence-corrected chi connectivity index (χ4v) is 3.77. The van der Waals surface area contributed by atoms with Crippen LogP contribution in [0.2, 0.25) is 0 Å². The van der Waals surface area contributed by atoms with E-state index in [0.717, 1.165) is 27.2 Å². The van der Waals surface area contributed by atoms with E-state index in [1.807, 2.05) is 42.9 Å². The zero-order valence-electron chi connectivity index (χ0n) is 14.1. The summed E-state index contributed by atoms with van der Waals surface area (Å²) in [6.07, 6.45) is 0. The molecule has 0 saturated carbocycles. The fourth-order valence-electron chi connectivity index (χ4n) is 2.75. The second-order valence-electron chi connectivity index (χ2n) is 6.79. The van der Waals surface area contributed by atoms with Crippen LogP contribution in [0.25, 0.3) is 10.2 Å². The van der Waals surface area contributed by atoms with Crippen LogP contribution in [0.5, 0.6) is 0 Å². The van der Waals surface area contributed by atoms with Gasteiger partial charge in [-0.15, -0.1) is 11.3 Å². The van der Waals surface area contributed by atoms with Crippen LogP contribution in [0.15, 0.2) is 30.3 Å². The summed E-state index contributed by atoms with van der Waals surface area (Å²) in [5, 5.41) is 8.49. The molecular formula is C18H21N3OS. The highest BCUT2D eigenvalue weighted by Crippen LogP contribution is 2.31. The molecule has 120 valence electrons. The van der Waals surface area contributed by atoms with Crippen molar-refractivity contribution in [3.8, 4) is 0 Å². The summed E-state index contributed by atoms with van der Waals surface area (Å²) in [6, 6.07) is 9.90. The van der Waals surface area contributed by atoms with Gasteiger partial charge in [-0.05, 0) is 30.0 Å². The van der Waals surface area contributed by atoms with Crippen molar-refractivity contribution in [1.29, 1.82) is 0 Å². The number of aromatic nitrogens is 2. The number of hydrogen-bond acceptors (Lipinski definition) is 3. The average Bonchev–Trinajstić information content (AvgIpc) is 3.01. The molecule has 0 aliphatic heterocycles. The van der Waals surface area contributed by atoms with E-state index in [1.165, 1.54) is 11.3 Å². The Morgan fingerprint density at radius 1 is 1.26 bits per heavy atom. The first kappa shape index (κ1) is 15.7. The summed E-state index contributed by atoms with van der Waals surface area (Å²) in [5.41, 5.74) is 2.93. The van der Waals surface area contributed by atoms with Gasteiger partial charge in [0.15, 0.2) is 0 Å². The number of hydrogen-bond donors (Lipinski definition) is 1. The molecule has 3 aromatic rings. The van der Waals surface area contributed by atoms with Gasteiger partial charge in [-0.3, -0.25) is 9.48 Å². The maximum Gasteiger partial charge on any atom is 0.265 e. The first-order chi connectivity index (χ1) is 10.8. The molecule has 23 heavy (non-hydrogen) atoms. The lowest BCUT2D eigenvalue weighted by atomic mass is 9.86. The summed E-state index contributed by atoms with van der Waals surface area (Å²) < 4.78 is 1.83. The van der Waals surface area contributed by atoms with Gasteiger partial charge in [0.1, 0.15) is 4.83 Å². The minimum Gasteiger partial charge on any atom is -0.321 e. The van der Waals surface area contributed by atoms with Crippen molar-refractivity contribution in [2.45, 2.75) is 33.1 Å². The summed E-state index contributed by atoms with van der Waals surface area (Å²) in [7, 11) is 1.91. The summed E-state index contributed by atoms with van der Waals surface area (Å²) in [6.45, 7) is 8.40. The fraction of sp³-hybridized carbons (Fsp3) is 0.333. The molecule has 0 saturated heterocycles. The van der Waals surface area contributed by atoms with Gasteiger partial charge >= 0.3 is 0 Å². The molecule has 2 heterocycles. The molecule has 5 heteroatoms.